The summed E-state index contributed by atoms with van der Waals surface area (Å²) in [6.45, 7) is 13.8. The van der Waals surface area contributed by atoms with Crippen molar-refractivity contribution in [3.8, 4) is 0 Å². The summed E-state index contributed by atoms with van der Waals surface area (Å²) >= 11 is 3.78. The first-order valence-corrected chi connectivity index (χ1v) is 12.2. The summed E-state index contributed by atoms with van der Waals surface area (Å²) in [5, 5.41) is 7.45. The van der Waals surface area contributed by atoms with Crippen LogP contribution in [0.2, 0.25) is 0 Å². The summed E-state index contributed by atoms with van der Waals surface area (Å²) in [6, 6.07) is 3.71. The molecule has 2 unspecified atom stereocenters. The SMILES string of the molecule is Cc1ccsc1N1CCCC1C.Cc1csc(N2CCCC2C)c1C.O=C=O.O=C=O. The molecule has 170 valence electrons. The van der Waals surface area contributed by atoms with Crippen molar-refractivity contribution in [1.29, 1.82) is 0 Å². The van der Waals surface area contributed by atoms with Gasteiger partial charge in [-0.05, 0) is 93.8 Å². The fourth-order valence-corrected chi connectivity index (χ4v) is 6.17. The molecule has 8 heteroatoms. The monoisotopic (exact) mass is 464 g/mol. The van der Waals surface area contributed by atoms with Crippen LogP contribution in [0.15, 0.2) is 16.8 Å². The summed E-state index contributed by atoms with van der Waals surface area (Å²) in [6.07, 6.45) is 5.93. The van der Waals surface area contributed by atoms with Gasteiger partial charge >= 0.3 is 12.3 Å². The van der Waals surface area contributed by atoms with Gasteiger partial charge in [0.25, 0.3) is 0 Å². The number of hydrogen-bond acceptors (Lipinski definition) is 8. The Labute approximate surface area is 192 Å². The molecule has 2 aliphatic heterocycles. The second-order valence-corrected chi connectivity index (χ2v) is 9.55. The van der Waals surface area contributed by atoms with Crippen LogP contribution >= 0.6 is 22.7 Å². The van der Waals surface area contributed by atoms with E-state index in [0.29, 0.717) is 0 Å². The lowest BCUT2D eigenvalue weighted by Gasteiger charge is -2.22. The van der Waals surface area contributed by atoms with Gasteiger partial charge < -0.3 is 9.80 Å². The van der Waals surface area contributed by atoms with Crippen molar-refractivity contribution in [2.75, 3.05) is 22.9 Å². The van der Waals surface area contributed by atoms with Gasteiger partial charge in [0.2, 0.25) is 0 Å². The molecule has 0 bridgehead atoms. The second-order valence-electron chi connectivity index (χ2n) is 7.79. The fourth-order valence-electron chi connectivity index (χ4n) is 3.90. The molecule has 2 saturated heterocycles. The third-order valence-corrected chi connectivity index (χ3v) is 8.01. The summed E-state index contributed by atoms with van der Waals surface area (Å²) in [5.74, 6) is 0. The van der Waals surface area contributed by atoms with E-state index in [-0.39, 0.29) is 12.3 Å². The van der Waals surface area contributed by atoms with Crippen molar-refractivity contribution < 1.29 is 19.2 Å². The van der Waals surface area contributed by atoms with E-state index in [2.05, 4.69) is 61.2 Å². The van der Waals surface area contributed by atoms with E-state index in [0.717, 1.165) is 12.1 Å². The van der Waals surface area contributed by atoms with Crippen LogP contribution in [0.4, 0.5) is 10.0 Å². The second kappa shape index (κ2) is 13.9. The van der Waals surface area contributed by atoms with Gasteiger partial charge in [0.15, 0.2) is 0 Å². The first-order chi connectivity index (χ1) is 14.8. The zero-order valence-electron chi connectivity index (χ0n) is 19.0. The number of hydrogen-bond donors (Lipinski definition) is 0. The molecule has 31 heavy (non-hydrogen) atoms. The smallest absolute Gasteiger partial charge is 0.361 e. The van der Waals surface area contributed by atoms with Crippen LogP contribution in [0.5, 0.6) is 0 Å². The van der Waals surface area contributed by atoms with Gasteiger partial charge in [-0.15, -0.1) is 22.7 Å². The first kappa shape index (κ1) is 26.8. The van der Waals surface area contributed by atoms with Crippen LogP contribution in [0.3, 0.4) is 0 Å². The Balaban J connectivity index is 0.000000249. The first-order valence-electron chi connectivity index (χ1n) is 10.4. The molecule has 2 aliphatic rings. The van der Waals surface area contributed by atoms with Crippen molar-refractivity contribution in [3.05, 3.63) is 33.5 Å². The molecule has 2 aromatic heterocycles. The quantitative estimate of drug-likeness (QED) is 0.606. The maximum Gasteiger partial charge on any atom is 0.373 e. The standard InChI is InChI=1S/C11H17NS.C10H15NS.2CO2/c1-8-7-13-11(10(8)3)12-6-4-5-9(12)2;1-8-5-7-12-10(8)11-6-3-4-9(11)2;2*2-1-3/h7,9H,4-6H2,1-3H3;5,7,9H,3-4,6H2,1-2H3;;. The molecule has 6 nitrogen and oxygen atoms in total. The zero-order chi connectivity index (χ0) is 23.4. The molecule has 2 fully saturated rings. The average molecular weight is 465 g/mol. The zero-order valence-corrected chi connectivity index (χ0v) is 20.6. The van der Waals surface area contributed by atoms with E-state index in [1.807, 2.05) is 22.7 Å². The molecular formula is C23H32N2O4S2. The maximum absolute atomic E-state index is 8.12. The molecule has 0 N–H and O–H groups in total. The molecule has 0 aromatic carbocycles. The summed E-state index contributed by atoms with van der Waals surface area (Å²) in [5.41, 5.74) is 4.37. The summed E-state index contributed by atoms with van der Waals surface area (Å²) in [4.78, 5) is 37.6. The van der Waals surface area contributed by atoms with E-state index < -0.39 is 0 Å². The number of nitrogens with zero attached hydrogens (tertiary/aromatic N) is 2. The predicted octanol–water partition coefficient (Wildman–Crippen LogP) is 5.23. The Morgan fingerprint density at radius 1 is 0.806 bits per heavy atom. The maximum atomic E-state index is 8.12. The van der Waals surface area contributed by atoms with Gasteiger partial charge in [0, 0.05) is 25.2 Å². The largest absolute Gasteiger partial charge is 0.373 e. The summed E-state index contributed by atoms with van der Waals surface area (Å²) in [7, 11) is 0. The molecule has 4 heterocycles. The van der Waals surface area contributed by atoms with Gasteiger partial charge in [-0.3, -0.25) is 0 Å². The third kappa shape index (κ3) is 7.75. The predicted molar refractivity (Wildman–Crippen MR) is 125 cm³/mol. The van der Waals surface area contributed by atoms with Crippen LogP contribution in [0, 0.1) is 20.8 Å². The minimum absolute atomic E-state index is 0.250. The van der Waals surface area contributed by atoms with Crippen molar-refractivity contribution >= 4 is 45.0 Å². The Hall–Kier alpha value is -2.24. The molecule has 0 radical (unpaired) electrons. The van der Waals surface area contributed by atoms with Gasteiger partial charge in [-0.25, -0.2) is 0 Å². The molecule has 0 spiro atoms. The van der Waals surface area contributed by atoms with Crippen LogP contribution in [-0.2, 0) is 19.2 Å². The van der Waals surface area contributed by atoms with Crippen molar-refractivity contribution in [3.63, 3.8) is 0 Å². The van der Waals surface area contributed by atoms with E-state index in [4.69, 9.17) is 19.2 Å². The lowest BCUT2D eigenvalue weighted by atomic mass is 10.2. The van der Waals surface area contributed by atoms with Crippen LogP contribution < -0.4 is 9.80 Å². The van der Waals surface area contributed by atoms with E-state index >= 15 is 0 Å². The molecule has 0 saturated carbocycles. The lowest BCUT2D eigenvalue weighted by molar-refractivity contribution is -0.193. The third-order valence-electron chi connectivity index (χ3n) is 5.72. The Kier molecular flexibility index (Phi) is 12.1. The average Bonchev–Trinajstić information content (AvgIpc) is 3.50. The molecule has 2 atom stereocenters. The highest BCUT2D eigenvalue weighted by atomic mass is 32.1. The number of thiophene rings is 2. The topological polar surface area (TPSA) is 74.8 Å². The Morgan fingerprint density at radius 3 is 1.61 bits per heavy atom. The molecule has 4 rings (SSSR count). The number of anilines is 2. The number of carbonyl (C=O) groups excluding carboxylic acids is 4. The van der Waals surface area contributed by atoms with Crippen LogP contribution in [-0.4, -0.2) is 37.5 Å². The normalized spacial score (nSPS) is 19.1. The highest BCUT2D eigenvalue weighted by Crippen LogP contribution is 2.35. The fraction of sp³-hybridized carbons (Fsp3) is 0.565. The summed E-state index contributed by atoms with van der Waals surface area (Å²) < 4.78 is 0. The van der Waals surface area contributed by atoms with Crippen molar-refractivity contribution in [2.45, 2.75) is 72.4 Å². The van der Waals surface area contributed by atoms with Crippen LogP contribution in [0.25, 0.3) is 0 Å². The molecular weight excluding hydrogens is 432 g/mol. The lowest BCUT2D eigenvalue weighted by Crippen LogP contribution is -2.25. The van der Waals surface area contributed by atoms with Gasteiger partial charge in [-0.1, -0.05) is 0 Å². The van der Waals surface area contributed by atoms with E-state index in [9.17, 15) is 0 Å². The Bertz CT molecular complexity index is 853. The van der Waals surface area contributed by atoms with E-state index in [1.54, 1.807) is 0 Å². The van der Waals surface area contributed by atoms with Gasteiger partial charge in [-0.2, -0.15) is 19.2 Å². The molecule has 2 aromatic rings. The van der Waals surface area contributed by atoms with Crippen molar-refractivity contribution in [1.82, 2.24) is 0 Å². The molecule has 0 aliphatic carbocycles. The Morgan fingerprint density at radius 2 is 1.29 bits per heavy atom. The van der Waals surface area contributed by atoms with E-state index in [1.165, 1.54) is 65.5 Å². The molecule has 0 amide bonds. The van der Waals surface area contributed by atoms with Gasteiger partial charge in [0.05, 0.1) is 10.0 Å². The minimum Gasteiger partial charge on any atom is -0.361 e. The van der Waals surface area contributed by atoms with Crippen molar-refractivity contribution in [2.24, 2.45) is 0 Å². The highest BCUT2D eigenvalue weighted by molar-refractivity contribution is 7.14. The highest BCUT2D eigenvalue weighted by Gasteiger charge is 2.23. The number of rotatable bonds is 2. The van der Waals surface area contributed by atoms with Gasteiger partial charge in [0.1, 0.15) is 0 Å². The number of aryl methyl sites for hydroxylation is 2. The minimum atomic E-state index is 0.250. The van der Waals surface area contributed by atoms with Crippen LogP contribution in [0.1, 0.15) is 56.2 Å².